The molecule has 27 nitrogen and oxygen atoms in total. The van der Waals surface area contributed by atoms with Gasteiger partial charge in [-0.2, -0.15) is 4.98 Å². The summed E-state index contributed by atoms with van der Waals surface area (Å²) in [5.41, 5.74) is -1.06. The Morgan fingerprint density at radius 3 is 1.93 bits per heavy atom. The molecule has 1 unspecified atom stereocenters. The van der Waals surface area contributed by atoms with Gasteiger partial charge in [-0.15, -0.1) is 0 Å². The quantitative estimate of drug-likeness (QED) is 0.0681. The van der Waals surface area contributed by atoms with E-state index in [9.17, 15) is 52.6 Å². The van der Waals surface area contributed by atoms with Gasteiger partial charge in [-0.25, -0.2) is 9.59 Å². The summed E-state index contributed by atoms with van der Waals surface area (Å²) in [6, 6.07) is -0.382. The van der Waals surface area contributed by atoms with Crippen molar-refractivity contribution in [2.75, 3.05) is 52.4 Å². The van der Waals surface area contributed by atoms with E-state index in [2.05, 4.69) is 36.4 Å². The summed E-state index contributed by atoms with van der Waals surface area (Å²) in [5, 5.41) is 4.76. The number of methoxy groups -OCH3 is 2. The Balaban J connectivity index is 0.00000209. The number of rotatable bonds is 21. The van der Waals surface area contributed by atoms with Crippen LogP contribution < -0.4 is 26.1 Å². The lowest BCUT2D eigenvalue weighted by atomic mass is 9.88. The predicted octanol–water partition coefficient (Wildman–Crippen LogP) is -2.00. The zero-order valence-electron chi connectivity index (χ0n) is 39.9. The topological polar surface area (TPSA) is 342 Å². The molecule has 0 aromatic carbocycles. The van der Waals surface area contributed by atoms with Crippen LogP contribution in [0.3, 0.4) is 0 Å². The number of nitrogens with zero attached hydrogens (tertiary/aromatic N) is 2. The van der Waals surface area contributed by atoms with Gasteiger partial charge in [0.2, 0.25) is 11.8 Å². The molecule has 0 aliphatic carbocycles. The van der Waals surface area contributed by atoms with Crippen LogP contribution in [-0.2, 0) is 94.6 Å². The minimum absolute atomic E-state index is 0.163. The van der Waals surface area contributed by atoms with Gasteiger partial charge in [0.15, 0.2) is 24.5 Å². The number of hydrogen-bond donors (Lipinski definition) is 3. The number of carbonyl (C=O) groups excluding carboxylic acids is 8. The summed E-state index contributed by atoms with van der Waals surface area (Å²) in [6.07, 6.45) is -13.6. The summed E-state index contributed by atoms with van der Waals surface area (Å²) in [4.78, 5) is 131. The van der Waals surface area contributed by atoms with Crippen LogP contribution in [0, 0.1) is 0 Å². The fourth-order valence-electron chi connectivity index (χ4n) is 7.07. The van der Waals surface area contributed by atoms with Crippen LogP contribution in [0.2, 0.25) is 0 Å². The number of aromatic nitrogens is 2. The number of anilines is 1. The Labute approximate surface area is 391 Å². The second-order valence-corrected chi connectivity index (χ2v) is 16.4. The van der Waals surface area contributed by atoms with Gasteiger partial charge in [0.25, 0.3) is 13.6 Å². The third kappa shape index (κ3) is 17.6. The molecule has 28 heteroatoms. The number of hydrogen-bond acceptors (Lipinski definition) is 23. The van der Waals surface area contributed by atoms with Crippen molar-refractivity contribution in [1.29, 1.82) is 0 Å². The van der Waals surface area contributed by atoms with Crippen molar-refractivity contribution < 1.29 is 104 Å². The van der Waals surface area contributed by atoms with Crippen molar-refractivity contribution in [3.05, 3.63) is 22.7 Å². The minimum Gasteiger partial charge on any atom is -0.756 e. The van der Waals surface area contributed by atoms with Crippen LogP contribution in [0.5, 0.6) is 0 Å². The molecule has 2 fully saturated rings. The SMILES string of the molecule is CC[NH+](CC)CC.COC(=O)[C@]1(OP(=O)([O-])OC[C@H]2O[C@@H](n3ccc(NC(C)=O)nc3=O)[C@H](OC(C)=O)[C@@H]2OC(C)=O)C[C@H](OC(C)=O)[C@@H](NC(C)=O)[C@H]([C@H](OC(C)=O)[C@@H](COC(C)=O)OC)O1. The summed E-state index contributed by atoms with van der Waals surface area (Å²) < 4.78 is 73.6. The number of esters is 6. The van der Waals surface area contributed by atoms with Crippen molar-refractivity contribution in [3.63, 3.8) is 0 Å². The molecular formula is C40H62N5O22P. The monoisotopic (exact) mass is 995 g/mol. The average Bonchev–Trinajstić information content (AvgIpc) is 3.54. The van der Waals surface area contributed by atoms with Crippen LogP contribution in [0.15, 0.2) is 17.1 Å². The summed E-state index contributed by atoms with van der Waals surface area (Å²) in [6.45, 7) is 15.8. The molecular weight excluding hydrogens is 933 g/mol. The standard InChI is InChI=1S/C34H47N4O22P.C6H15N/c1-15(39)35-25-10-11-38(33(47)37-25)31-30(57-21(7)45)28(56-20(6)44)24(58-31)14-53-61(48,49)60-34(32(46)51-9)12-22(54-18(4)42)26(36-16(2)40)29(59-34)27(55-19(5)43)23(50-8)13-52-17(3)41;1-4-7(5-2)6-3/h10-11,22-24,26-31H,12-14H2,1-9H3,(H,36,40)(H,48,49)(H,35,37,39,47);4-6H2,1-3H3/t22-,23+,24+,26+,27+,28+,29+,30+,31+,34+;/m0./s1. The van der Waals surface area contributed by atoms with E-state index in [1.54, 1.807) is 4.90 Å². The molecule has 3 N–H and O–H groups in total. The number of nitrogens with one attached hydrogen (secondary N) is 3. The largest absolute Gasteiger partial charge is 0.756 e. The van der Waals surface area contributed by atoms with Crippen LogP contribution in [0.25, 0.3) is 0 Å². The molecule has 68 heavy (non-hydrogen) atoms. The number of amides is 2. The van der Waals surface area contributed by atoms with Gasteiger partial charge >= 0.3 is 41.5 Å². The molecule has 2 amide bonds. The number of phosphoric acid groups is 1. The van der Waals surface area contributed by atoms with E-state index >= 15 is 0 Å². The van der Waals surface area contributed by atoms with Crippen LogP contribution in [0.1, 0.15) is 81.9 Å². The summed E-state index contributed by atoms with van der Waals surface area (Å²) >= 11 is 0. The Bertz CT molecular complexity index is 2040. The highest BCUT2D eigenvalue weighted by Gasteiger charge is 2.60. The minimum atomic E-state index is -5.99. The van der Waals surface area contributed by atoms with E-state index in [-0.39, 0.29) is 5.82 Å². The third-order valence-electron chi connectivity index (χ3n) is 9.93. The van der Waals surface area contributed by atoms with E-state index < -0.39 is 142 Å². The van der Waals surface area contributed by atoms with Crippen LogP contribution in [-0.4, -0.2) is 159 Å². The van der Waals surface area contributed by atoms with Gasteiger partial charge in [0.05, 0.1) is 45.8 Å². The van der Waals surface area contributed by atoms with E-state index in [1.807, 2.05) is 0 Å². The molecule has 0 saturated carbocycles. The molecule has 3 heterocycles. The number of quaternary nitrogens is 1. The van der Waals surface area contributed by atoms with Gasteiger partial charge in [-0.05, 0) is 26.8 Å². The highest BCUT2D eigenvalue weighted by Crippen LogP contribution is 2.49. The van der Waals surface area contributed by atoms with Crippen LogP contribution in [0.4, 0.5) is 5.82 Å². The van der Waals surface area contributed by atoms with Gasteiger partial charge in [0, 0.05) is 61.8 Å². The average molecular weight is 996 g/mol. The highest BCUT2D eigenvalue weighted by atomic mass is 31.2. The molecule has 2 saturated heterocycles. The summed E-state index contributed by atoms with van der Waals surface area (Å²) in [7, 11) is -4.08. The van der Waals surface area contributed by atoms with Crippen molar-refractivity contribution in [1.82, 2.24) is 14.9 Å². The van der Waals surface area contributed by atoms with Gasteiger partial charge < -0.3 is 67.6 Å². The van der Waals surface area contributed by atoms with E-state index in [1.165, 1.54) is 25.7 Å². The number of carbonyl (C=O) groups is 8. The zero-order chi connectivity index (χ0) is 51.7. The molecule has 0 bridgehead atoms. The fourth-order valence-corrected chi connectivity index (χ4v) is 8.01. The summed E-state index contributed by atoms with van der Waals surface area (Å²) in [5.74, 6) is -11.0. The Morgan fingerprint density at radius 2 is 1.47 bits per heavy atom. The van der Waals surface area contributed by atoms with Crippen molar-refractivity contribution in [2.45, 2.75) is 136 Å². The Morgan fingerprint density at radius 1 is 0.882 bits per heavy atom. The van der Waals surface area contributed by atoms with Crippen molar-refractivity contribution in [2.24, 2.45) is 0 Å². The molecule has 3 rings (SSSR count). The third-order valence-corrected chi connectivity index (χ3v) is 10.9. The molecule has 2 aliphatic heterocycles. The van der Waals surface area contributed by atoms with Gasteiger partial charge in [-0.1, -0.05) is 0 Å². The lowest BCUT2D eigenvalue weighted by Gasteiger charge is -2.49. The first-order valence-corrected chi connectivity index (χ1v) is 22.6. The van der Waals surface area contributed by atoms with E-state index in [0.29, 0.717) is 0 Å². The number of phosphoric ester groups is 1. The smallest absolute Gasteiger partial charge is 0.367 e. The lowest BCUT2D eigenvalue weighted by Crippen LogP contribution is -3.11. The zero-order valence-corrected chi connectivity index (χ0v) is 40.8. The first-order chi connectivity index (χ1) is 31.8. The van der Waals surface area contributed by atoms with Crippen molar-refractivity contribution in [3.8, 4) is 0 Å². The maximum atomic E-state index is 13.8. The second kappa shape index (κ2) is 27.0. The van der Waals surface area contributed by atoms with E-state index in [0.717, 1.165) is 73.4 Å². The predicted molar refractivity (Wildman–Crippen MR) is 225 cm³/mol. The van der Waals surface area contributed by atoms with Gasteiger partial charge in [0.1, 0.15) is 36.8 Å². The molecule has 384 valence electrons. The molecule has 0 spiro atoms. The van der Waals surface area contributed by atoms with Gasteiger partial charge in [-0.3, -0.25) is 47.2 Å². The lowest BCUT2D eigenvalue weighted by molar-refractivity contribution is -0.894. The second-order valence-electron chi connectivity index (χ2n) is 15.1. The van der Waals surface area contributed by atoms with E-state index in [4.69, 9.17) is 51.7 Å². The molecule has 2 aliphatic rings. The molecule has 1 aromatic rings. The van der Waals surface area contributed by atoms with Crippen molar-refractivity contribution >= 4 is 61.3 Å². The Kier molecular flexibility index (Phi) is 23.3. The molecule has 0 radical (unpaired) electrons. The maximum absolute atomic E-state index is 13.8. The number of ether oxygens (including phenoxy) is 9. The normalized spacial score (nSPS) is 24.9. The van der Waals surface area contributed by atoms with Crippen LogP contribution >= 0.6 is 7.82 Å². The highest BCUT2D eigenvalue weighted by molar-refractivity contribution is 7.46. The first kappa shape index (κ1) is 58.7. The maximum Gasteiger partial charge on any atom is 0.367 e. The Hall–Kier alpha value is -5.41. The molecule has 1 aromatic heterocycles. The first-order valence-electron chi connectivity index (χ1n) is 21.2. The fraction of sp³-hybridized carbons (Fsp3) is 0.700. The molecule has 11 atom stereocenters.